The van der Waals surface area contributed by atoms with Crippen LogP contribution in [0.4, 0.5) is 0 Å². The van der Waals surface area contributed by atoms with E-state index in [-0.39, 0.29) is 11.1 Å². The molecule has 0 fully saturated rings. The summed E-state index contributed by atoms with van der Waals surface area (Å²) in [5.41, 5.74) is 1.46. The van der Waals surface area contributed by atoms with Gasteiger partial charge in [0.15, 0.2) is 0 Å². The number of aryl methyl sites for hydroxylation is 1. The standard InChI is InChI=1S/C21H14N2O2S/c1-22-18-11-14-9-5-6-10-15(14)20(25)23(18)21-16(19(22)24)12-17(26-21)13-7-3-2-4-8-13/h2-12H,1H3. The van der Waals surface area contributed by atoms with Gasteiger partial charge in [0.25, 0.3) is 11.1 Å². The van der Waals surface area contributed by atoms with E-state index in [9.17, 15) is 9.59 Å². The monoisotopic (exact) mass is 358 g/mol. The highest BCUT2D eigenvalue weighted by atomic mass is 32.1. The van der Waals surface area contributed by atoms with E-state index in [0.29, 0.717) is 21.3 Å². The number of nitrogens with zero attached hydrogens (tertiary/aromatic N) is 2. The van der Waals surface area contributed by atoms with Gasteiger partial charge in [0.05, 0.1) is 5.39 Å². The van der Waals surface area contributed by atoms with Gasteiger partial charge in [-0.3, -0.25) is 18.6 Å². The smallest absolute Gasteiger partial charge is 0.265 e. The van der Waals surface area contributed by atoms with Crippen LogP contribution in [0.3, 0.4) is 0 Å². The van der Waals surface area contributed by atoms with Crippen LogP contribution in [0.25, 0.3) is 37.1 Å². The highest BCUT2D eigenvalue weighted by Gasteiger charge is 2.16. The summed E-state index contributed by atoms with van der Waals surface area (Å²) >= 11 is 1.48. The molecule has 0 bridgehead atoms. The molecule has 3 aromatic heterocycles. The van der Waals surface area contributed by atoms with Crippen molar-refractivity contribution in [2.24, 2.45) is 7.05 Å². The summed E-state index contributed by atoms with van der Waals surface area (Å²) in [6, 6.07) is 21.2. The quantitative estimate of drug-likeness (QED) is 0.425. The van der Waals surface area contributed by atoms with Crippen LogP contribution in [0, 0.1) is 0 Å². The van der Waals surface area contributed by atoms with Gasteiger partial charge in [-0.25, -0.2) is 0 Å². The van der Waals surface area contributed by atoms with Crippen molar-refractivity contribution in [1.29, 1.82) is 0 Å². The molecule has 0 atom stereocenters. The average molecular weight is 358 g/mol. The number of rotatable bonds is 1. The molecule has 5 aromatic rings. The molecule has 0 saturated heterocycles. The Morgan fingerprint density at radius 1 is 0.808 bits per heavy atom. The van der Waals surface area contributed by atoms with Crippen molar-refractivity contribution in [3.63, 3.8) is 0 Å². The van der Waals surface area contributed by atoms with Crippen LogP contribution in [-0.2, 0) is 7.05 Å². The van der Waals surface area contributed by atoms with E-state index in [1.54, 1.807) is 16.0 Å². The maximum Gasteiger partial charge on any atom is 0.265 e. The zero-order chi connectivity index (χ0) is 17.8. The summed E-state index contributed by atoms with van der Waals surface area (Å²) < 4.78 is 3.22. The van der Waals surface area contributed by atoms with Crippen molar-refractivity contribution in [3.05, 3.63) is 87.4 Å². The molecule has 0 aliphatic carbocycles. The molecule has 0 N–H and O–H groups in total. The minimum absolute atomic E-state index is 0.0897. The lowest BCUT2D eigenvalue weighted by atomic mass is 10.1. The van der Waals surface area contributed by atoms with Crippen LogP contribution >= 0.6 is 11.3 Å². The molecule has 2 aromatic carbocycles. The second-order valence-electron chi connectivity index (χ2n) is 6.29. The van der Waals surface area contributed by atoms with Gasteiger partial charge in [-0.05, 0) is 29.1 Å². The zero-order valence-electron chi connectivity index (χ0n) is 14.0. The van der Waals surface area contributed by atoms with Gasteiger partial charge in [0.2, 0.25) is 0 Å². The Morgan fingerprint density at radius 2 is 1.54 bits per heavy atom. The van der Waals surface area contributed by atoms with Crippen molar-refractivity contribution in [2.45, 2.75) is 0 Å². The highest BCUT2D eigenvalue weighted by Crippen LogP contribution is 2.32. The Hall–Kier alpha value is -3.18. The van der Waals surface area contributed by atoms with E-state index < -0.39 is 0 Å². The Balaban J connectivity index is 2.01. The zero-order valence-corrected chi connectivity index (χ0v) is 14.8. The minimum Gasteiger partial charge on any atom is -0.297 e. The Kier molecular flexibility index (Phi) is 3.14. The fourth-order valence-corrected chi connectivity index (χ4v) is 4.58. The normalized spacial score (nSPS) is 11.6. The van der Waals surface area contributed by atoms with Crippen LogP contribution in [0.2, 0.25) is 0 Å². The number of fused-ring (bicyclic) bond motifs is 4. The predicted molar refractivity (Wildman–Crippen MR) is 107 cm³/mol. The van der Waals surface area contributed by atoms with Gasteiger partial charge < -0.3 is 0 Å². The van der Waals surface area contributed by atoms with Gasteiger partial charge in [-0.2, -0.15) is 0 Å². The molecule has 0 amide bonds. The second-order valence-corrected chi connectivity index (χ2v) is 7.32. The fourth-order valence-electron chi connectivity index (χ4n) is 3.42. The minimum atomic E-state index is -0.0971. The maximum absolute atomic E-state index is 13.2. The largest absolute Gasteiger partial charge is 0.297 e. The SMILES string of the molecule is Cn1c(=O)c2cc(-c3ccccc3)sc2n2c(=O)c3ccccc3cc12. The number of thiophene rings is 1. The topological polar surface area (TPSA) is 43.5 Å². The van der Waals surface area contributed by atoms with Crippen molar-refractivity contribution in [3.8, 4) is 10.4 Å². The second kappa shape index (κ2) is 5.41. The third kappa shape index (κ3) is 2.01. The molecule has 126 valence electrons. The van der Waals surface area contributed by atoms with Crippen LogP contribution in [0.5, 0.6) is 0 Å². The summed E-state index contributed by atoms with van der Waals surface area (Å²) in [6.45, 7) is 0. The van der Waals surface area contributed by atoms with E-state index in [4.69, 9.17) is 0 Å². The van der Waals surface area contributed by atoms with E-state index in [1.165, 1.54) is 11.3 Å². The van der Waals surface area contributed by atoms with Crippen LogP contribution < -0.4 is 11.1 Å². The van der Waals surface area contributed by atoms with Gasteiger partial charge in [-0.1, -0.05) is 48.5 Å². The molecule has 26 heavy (non-hydrogen) atoms. The van der Waals surface area contributed by atoms with E-state index in [0.717, 1.165) is 15.8 Å². The van der Waals surface area contributed by atoms with Gasteiger partial charge >= 0.3 is 0 Å². The third-order valence-electron chi connectivity index (χ3n) is 4.76. The summed E-state index contributed by atoms with van der Waals surface area (Å²) in [5.74, 6) is 0. The highest BCUT2D eigenvalue weighted by molar-refractivity contribution is 7.21. The first-order valence-corrected chi connectivity index (χ1v) is 9.09. The molecule has 0 saturated carbocycles. The predicted octanol–water partition coefficient (Wildman–Crippen LogP) is 4.03. The van der Waals surface area contributed by atoms with E-state index >= 15 is 0 Å². The maximum atomic E-state index is 13.2. The molecule has 3 heterocycles. The number of hydrogen-bond acceptors (Lipinski definition) is 3. The van der Waals surface area contributed by atoms with Crippen molar-refractivity contribution < 1.29 is 0 Å². The number of pyridine rings is 1. The molecule has 0 radical (unpaired) electrons. The Morgan fingerprint density at radius 3 is 2.35 bits per heavy atom. The summed E-state index contributed by atoms with van der Waals surface area (Å²) in [6.07, 6.45) is 0. The molecule has 0 aliphatic rings. The molecule has 5 heteroatoms. The van der Waals surface area contributed by atoms with Crippen LogP contribution in [0.1, 0.15) is 0 Å². The number of hydrogen-bond donors (Lipinski definition) is 0. The first-order chi connectivity index (χ1) is 12.6. The molecule has 0 unspecified atom stereocenters. The summed E-state index contributed by atoms with van der Waals surface area (Å²) in [7, 11) is 1.71. The van der Waals surface area contributed by atoms with Crippen molar-refractivity contribution in [2.75, 3.05) is 0 Å². The van der Waals surface area contributed by atoms with E-state index in [2.05, 4.69) is 0 Å². The molecule has 0 spiro atoms. The van der Waals surface area contributed by atoms with Gasteiger partial charge in [0, 0.05) is 17.3 Å². The first-order valence-electron chi connectivity index (χ1n) is 8.27. The first kappa shape index (κ1) is 15.1. The molecular weight excluding hydrogens is 344 g/mol. The average Bonchev–Trinajstić information content (AvgIpc) is 3.12. The molecule has 0 aliphatic heterocycles. The molecular formula is C21H14N2O2S. The third-order valence-corrected chi connectivity index (χ3v) is 5.93. The number of benzene rings is 2. The van der Waals surface area contributed by atoms with Gasteiger partial charge in [0.1, 0.15) is 10.5 Å². The van der Waals surface area contributed by atoms with Crippen LogP contribution in [0.15, 0.2) is 76.3 Å². The fraction of sp³-hybridized carbons (Fsp3) is 0.0476. The Bertz CT molecular complexity index is 1430. The summed E-state index contributed by atoms with van der Waals surface area (Å²) in [4.78, 5) is 27.7. The van der Waals surface area contributed by atoms with Gasteiger partial charge in [-0.15, -0.1) is 11.3 Å². The van der Waals surface area contributed by atoms with E-state index in [1.807, 2.05) is 66.7 Å². The lowest BCUT2D eigenvalue weighted by Crippen LogP contribution is -2.25. The van der Waals surface area contributed by atoms with Crippen molar-refractivity contribution >= 4 is 38.0 Å². The molecule has 4 nitrogen and oxygen atoms in total. The Labute approximate surface area is 152 Å². The molecule has 5 rings (SSSR count). The van der Waals surface area contributed by atoms with Crippen molar-refractivity contribution in [1.82, 2.24) is 8.97 Å². The van der Waals surface area contributed by atoms with Crippen LogP contribution in [-0.4, -0.2) is 8.97 Å². The number of aromatic nitrogens is 2. The summed E-state index contributed by atoms with van der Waals surface area (Å²) in [5, 5.41) is 2.06. The lowest BCUT2D eigenvalue weighted by molar-refractivity contribution is 0.873. The lowest BCUT2D eigenvalue weighted by Gasteiger charge is -2.09.